The van der Waals surface area contributed by atoms with Gasteiger partial charge >= 0.3 is 0 Å². The van der Waals surface area contributed by atoms with Gasteiger partial charge in [0.15, 0.2) is 0 Å². The average Bonchev–Trinajstić information content (AvgIpc) is 2.54. The first-order chi connectivity index (χ1) is 10.3. The molecule has 0 radical (unpaired) electrons. The minimum atomic E-state index is 0.0675. The Bertz CT molecular complexity index is 402. The molecule has 1 amide bonds. The van der Waals surface area contributed by atoms with Crippen LogP contribution >= 0.6 is 0 Å². The fourth-order valence-electron chi connectivity index (χ4n) is 2.52. The van der Waals surface area contributed by atoms with E-state index < -0.39 is 0 Å². The summed E-state index contributed by atoms with van der Waals surface area (Å²) in [4.78, 5) is 11.7. The Morgan fingerprint density at radius 2 is 2.00 bits per heavy atom. The predicted molar refractivity (Wildman–Crippen MR) is 82.3 cm³/mol. The molecular formula is C17H25NO3. The number of amides is 1. The Balaban J connectivity index is 1.47. The maximum atomic E-state index is 11.7. The van der Waals surface area contributed by atoms with Crippen LogP contribution in [0.3, 0.4) is 0 Å². The molecule has 0 atom stereocenters. The van der Waals surface area contributed by atoms with Crippen LogP contribution in [0.15, 0.2) is 30.3 Å². The lowest BCUT2D eigenvalue weighted by molar-refractivity contribution is -0.121. The van der Waals surface area contributed by atoms with Crippen LogP contribution in [0.2, 0.25) is 0 Å². The normalized spacial score (nSPS) is 15.6. The molecule has 1 heterocycles. The molecule has 1 aromatic rings. The van der Waals surface area contributed by atoms with Gasteiger partial charge in [0, 0.05) is 19.8 Å². The predicted octanol–water partition coefficient (Wildman–Crippen LogP) is 2.78. The highest BCUT2D eigenvalue weighted by Gasteiger charge is 2.13. The van der Waals surface area contributed by atoms with Crippen molar-refractivity contribution in [3.05, 3.63) is 30.3 Å². The largest absolute Gasteiger partial charge is 0.493 e. The average molecular weight is 291 g/mol. The third kappa shape index (κ3) is 6.63. The van der Waals surface area contributed by atoms with Gasteiger partial charge in [-0.3, -0.25) is 4.79 Å². The van der Waals surface area contributed by atoms with Crippen LogP contribution in [0.1, 0.15) is 32.1 Å². The van der Waals surface area contributed by atoms with E-state index in [0.717, 1.165) is 37.8 Å². The van der Waals surface area contributed by atoms with Crippen LogP contribution in [0.5, 0.6) is 5.75 Å². The van der Waals surface area contributed by atoms with E-state index in [0.29, 0.717) is 13.0 Å². The monoisotopic (exact) mass is 291 g/mol. The molecule has 116 valence electrons. The van der Waals surface area contributed by atoms with Gasteiger partial charge in [0.1, 0.15) is 5.75 Å². The fourth-order valence-corrected chi connectivity index (χ4v) is 2.52. The van der Waals surface area contributed by atoms with Crippen molar-refractivity contribution in [1.82, 2.24) is 5.32 Å². The molecule has 1 N–H and O–H groups in total. The summed E-state index contributed by atoms with van der Waals surface area (Å²) >= 11 is 0. The third-order valence-corrected chi connectivity index (χ3v) is 3.79. The zero-order valence-corrected chi connectivity index (χ0v) is 12.6. The quantitative estimate of drug-likeness (QED) is 0.749. The van der Waals surface area contributed by atoms with Gasteiger partial charge in [0.2, 0.25) is 5.91 Å². The van der Waals surface area contributed by atoms with Crippen molar-refractivity contribution in [2.24, 2.45) is 5.92 Å². The maximum absolute atomic E-state index is 11.7. The molecule has 1 fully saturated rings. The first-order valence-electron chi connectivity index (χ1n) is 7.87. The molecule has 0 unspecified atom stereocenters. The van der Waals surface area contributed by atoms with Gasteiger partial charge in [0.25, 0.3) is 0 Å². The molecule has 0 bridgehead atoms. The van der Waals surface area contributed by atoms with Crippen molar-refractivity contribution in [3.63, 3.8) is 0 Å². The standard InChI is InChI=1S/C17H25NO3/c19-17(10-14-21-16-6-2-1-3-7-16)18-11-4-5-15-8-12-20-13-9-15/h1-3,6-7,15H,4-5,8-14H2,(H,18,19). The summed E-state index contributed by atoms with van der Waals surface area (Å²) in [6.07, 6.45) is 4.98. The third-order valence-electron chi connectivity index (χ3n) is 3.79. The summed E-state index contributed by atoms with van der Waals surface area (Å²) < 4.78 is 10.8. The number of benzene rings is 1. The number of rotatable bonds is 8. The molecule has 21 heavy (non-hydrogen) atoms. The molecule has 0 aromatic heterocycles. The maximum Gasteiger partial charge on any atom is 0.223 e. The molecule has 1 aliphatic rings. The molecule has 4 heteroatoms. The molecule has 0 spiro atoms. The Kier molecular flexibility index (Phi) is 7.08. The van der Waals surface area contributed by atoms with Crippen LogP contribution < -0.4 is 10.1 Å². The van der Waals surface area contributed by atoms with Crippen molar-refractivity contribution in [2.75, 3.05) is 26.4 Å². The van der Waals surface area contributed by atoms with Gasteiger partial charge in [-0.05, 0) is 43.7 Å². The summed E-state index contributed by atoms with van der Waals surface area (Å²) in [5.41, 5.74) is 0. The molecule has 4 nitrogen and oxygen atoms in total. The van der Waals surface area contributed by atoms with Gasteiger partial charge in [-0.1, -0.05) is 18.2 Å². The number of hydrogen-bond donors (Lipinski definition) is 1. The van der Waals surface area contributed by atoms with Crippen molar-refractivity contribution in [1.29, 1.82) is 0 Å². The van der Waals surface area contributed by atoms with Crippen LogP contribution in [-0.2, 0) is 9.53 Å². The lowest BCUT2D eigenvalue weighted by Crippen LogP contribution is -2.26. The van der Waals surface area contributed by atoms with Crippen LogP contribution in [0.25, 0.3) is 0 Å². The van der Waals surface area contributed by atoms with Gasteiger partial charge in [0.05, 0.1) is 13.0 Å². The lowest BCUT2D eigenvalue weighted by atomic mass is 9.95. The molecular weight excluding hydrogens is 266 g/mol. The van der Waals surface area contributed by atoms with E-state index in [2.05, 4.69) is 5.32 Å². The molecule has 0 saturated carbocycles. The number of nitrogens with one attached hydrogen (secondary N) is 1. The zero-order valence-electron chi connectivity index (χ0n) is 12.6. The second-order valence-electron chi connectivity index (χ2n) is 5.46. The fraction of sp³-hybridized carbons (Fsp3) is 0.588. The van der Waals surface area contributed by atoms with Crippen molar-refractivity contribution >= 4 is 5.91 Å². The van der Waals surface area contributed by atoms with E-state index in [1.165, 1.54) is 19.3 Å². The Morgan fingerprint density at radius 3 is 2.76 bits per heavy atom. The molecule has 1 aliphatic heterocycles. The zero-order chi connectivity index (χ0) is 14.8. The Morgan fingerprint density at radius 1 is 1.24 bits per heavy atom. The SMILES string of the molecule is O=C(CCOc1ccccc1)NCCCC1CCOCC1. The summed E-state index contributed by atoms with van der Waals surface area (Å²) in [6, 6.07) is 9.58. The number of ether oxygens (including phenoxy) is 2. The summed E-state index contributed by atoms with van der Waals surface area (Å²) in [5, 5.41) is 2.96. The highest BCUT2D eigenvalue weighted by Crippen LogP contribution is 2.19. The number of hydrogen-bond acceptors (Lipinski definition) is 3. The molecule has 2 rings (SSSR count). The van der Waals surface area contributed by atoms with E-state index in [1.54, 1.807) is 0 Å². The summed E-state index contributed by atoms with van der Waals surface area (Å²) in [5.74, 6) is 1.65. The van der Waals surface area contributed by atoms with Gasteiger partial charge in [-0.15, -0.1) is 0 Å². The molecule has 1 aromatic carbocycles. The summed E-state index contributed by atoms with van der Waals surface area (Å²) in [6.45, 7) is 2.99. The topological polar surface area (TPSA) is 47.6 Å². The number of carbonyl (C=O) groups excluding carboxylic acids is 1. The number of para-hydroxylation sites is 1. The van der Waals surface area contributed by atoms with E-state index in [1.807, 2.05) is 30.3 Å². The second-order valence-corrected chi connectivity index (χ2v) is 5.46. The van der Waals surface area contributed by atoms with Crippen molar-refractivity contribution in [2.45, 2.75) is 32.1 Å². The van der Waals surface area contributed by atoms with Crippen LogP contribution in [0.4, 0.5) is 0 Å². The smallest absolute Gasteiger partial charge is 0.223 e. The van der Waals surface area contributed by atoms with E-state index in [-0.39, 0.29) is 5.91 Å². The minimum Gasteiger partial charge on any atom is -0.493 e. The van der Waals surface area contributed by atoms with E-state index in [4.69, 9.17) is 9.47 Å². The summed E-state index contributed by atoms with van der Waals surface area (Å²) in [7, 11) is 0. The van der Waals surface area contributed by atoms with E-state index in [9.17, 15) is 4.79 Å². The first-order valence-corrected chi connectivity index (χ1v) is 7.87. The minimum absolute atomic E-state index is 0.0675. The van der Waals surface area contributed by atoms with Gasteiger partial charge in [-0.25, -0.2) is 0 Å². The lowest BCUT2D eigenvalue weighted by Gasteiger charge is -2.21. The number of carbonyl (C=O) groups is 1. The Labute approximate surface area is 126 Å². The highest BCUT2D eigenvalue weighted by molar-refractivity contribution is 5.75. The van der Waals surface area contributed by atoms with Gasteiger partial charge < -0.3 is 14.8 Å². The molecule has 1 saturated heterocycles. The highest BCUT2D eigenvalue weighted by atomic mass is 16.5. The molecule has 0 aliphatic carbocycles. The van der Waals surface area contributed by atoms with E-state index >= 15 is 0 Å². The van der Waals surface area contributed by atoms with Crippen molar-refractivity contribution < 1.29 is 14.3 Å². The van der Waals surface area contributed by atoms with Crippen LogP contribution in [0, 0.1) is 5.92 Å². The first kappa shape index (κ1) is 15.8. The Hall–Kier alpha value is -1.55. The second kappa shape index (κ2) is 9.40. The van der Waals surface area contributed by atoms with Crippen molar-refractivity contribution in [3.8, 4) is 5.75 Å². The van der Waals surface area contributed by atoms with Gasteiger partial charge in [-0.2, -0.15) is 0 Å². The van der Waals surface area contributed by atoms with Crippen LogP contribution in [-0.4, -0.2) is 32.3 Å².